The van der Waals surface area contributed by atoms with Crippen molar-refractivity contribution in [3.63, 3.8) is 0 Å². The summed E-state index contributed by atoms with van der Waals surface area (Å²) in [6, 6.07) is 17.0. The van der Waals surface area contributed by atoms with E-state index in [-0.39, 0.29) is 17.7 Å². The first kappa shape index (κ1) is 18.5. The Bertz CT molecular complexity index is 848. The third-order valence-electron chi connectivity index (χ3n) is 4.60. The van der Waals surface area contributed by atoms with Crippen LogP contribution in [-0.4, -0.2) is 32.7 Å². The number of nitrogens with one attached hydrogen (secondary N) is 1. The van der Waals surface area contributed by atoms with Crippen molar-refractivity contribution in [3.05, 3.63) is 65.7 Å². The molecule has 1 N–H and O–H groups in total. The summed E-state index contributed by atoms with van der Waals surface area (Å²) in [5.41, 5.74) is 2.41. The van der Waals surface area contributed by atoms with Crippen LogP contribution in [0.1, 0.15) is 35.7 Å². The minimum absolute atomic E-state index is 0.0568. The number of aryl methyl sites for hydroxylation is 1. The molecule has 0 aliphatic carbocycles. The molecule has 0 saturated carbocycles. The van der Waals surface area contributed by atoms with Gasteiger partial charge in [0.25, 0.3) is 5.91 Å². The number of nitrogens with zero attached hydrogens (tertiary/aromatic N) is 1. The van der Waals surface area contributed by atoms with Gasteiger partial charge in [0, 0.05) is 18.2 Å². The standard InChI is InChI=1S/C20H24N2O3S/c1-16(8-9-17-6-3-2-4-7-17)21-20(23)18-10-12-19(13-11-18)22-14-5-15-26(22,24)25/h2-4,6-7,10-13,16H,5,8-9,14-15H2,1H3,(H,21,23)/t16-/m0/s1. The number of carbonyl (C=O) groups is 1. The minimum Gasteiger partial charge on any atom is -0.350 e. The van der Waals surface area contributed by atoms with Crippen molar-refractivity contribution >= 4 is 21.6 Å². The quantitative estimate of drug-likeness (QED) is 0.848. The second-order valence-electron chi connectivity index (χ2n) is 6.69. The maximum absolute atomic E-state index is 12.4. The molecule has 0 unspecified atom stereocenters. The maximum atomic E-state index is 12.4. The average molecular weight is 372 g/mol. The highest BCUT2D eigenvalue weighted by atomic mass is 32.2. The van der Waals surface area contributed by atoms with Crippen LogP contribution in [0.15, 0.2) is 54.6 Å². The molecule has 138 valence electrons. The van der Waals surface area contributed by atoms with Crippen molar-refractivity contribution in [3.8, 4) is 0 Å². The number of amides is 1. The van der Waals surface area contributed by atoms with Gasteiger partial charge in [0.05, 0.1) is 11.4 Å². The van der Waals surface area contributed by atoms with E-state index < -0.39 is 10.0 Å². The first-order chi connectivity index (χ1) is 12.5. The van der Waals surface area contributed by atoms with Gasteiger partial charge in [0.2, 0.25) is 10.0 Å². The van der Waals surface area contributed by atoms with Crippen molar-refractivity contribution in [2.75, 3.05) is 16.6 Å². The highest BCUT2D eigenvalue weighted by Crippen LogP contribution is 2.24. The van der Waals surface area contributed by atoms with E-state index in [1.54, 1.807) is 24.3 Å². The third-order valence-corrected chi connectivity index (χ3v) is 6.47. The lowest BCUT2D eigenvalue weighted by molar-refractivity contribution is 0.0938. The monoisotopic (exact) mass is 372 g/mol. The first-order valence-corrected chi connectivity index (χ1v) is 10.5. The van der Waals surface area contributed by atoms with Crippen molar-refractivity contribution in [2.24, 2.45) is 0 Å². The Labute approximate surface area is 155 Å². The number of carbonyl (C=O) groups excluding carboxylic acids is 1. The lowest BCUT2D eigenvalue weighted by Crippen LogP contribution is -2.33. The molecular formula is C20H24N2O3S. The highest BCUT2D eigenvalue weighted by Gasteiger charge is 2.28. The summed E-state index contributed by atoms with van der Waals surface area (Å²) >= 11 is 0. The van der Waals surface area contributed by atoms with Crippen LogP contribution in [0.4, 0.5) is 5.69 Å². The van der Waals surface area contributed by atoms with Crippen molar-refractivity contribution in [1.82, 2.24) is 5.32 Å². The fourth-order valence-electron chi connectivity index (χ4n) is 3.12. The molecular weight excluding hydrogens is 348 g/mol. The third kappa shape index (κ3) is 4.43. The largest absolute Gasteiger partial charge is 0.350 e. The molecule has 5 nitrogen and oxygen atoms in total. The zero-order chi connectivity index (χ0) is 18.6. The predicted octanol–water partition coefficient (Wildman–Crippen LogP) is 2.98. The van der Waals surface area contributed by atoms with Crippen LogP contribution in [0.5, 0.6) is 0 Å². The summed E-state index contributed by atoms with van der Waals surface area (Å²) in [6.45, 7) is 2.50. The van der Waals surface area contributed by atoms with Crippen LogP contribution < -0.4 is 9.62 Å². The normalized spacial score (nSPS) is 17.0. The molecule has 1 heterocycles. The Morgan fingerprint density at radius 3 is 2.42 bits per heavy atom. The van der Waals surface area contributed by atoms with Crippen molar-refractivity contribution < 1.29 is 13.2 Å². The molecule has 1 amide bonds. The molecule has 2 aromatic rings. The van der Waals surface area contributed by atoms with Crippen LogP contribution in [0.2, 0.25) is 0 Å². The van der Waals surface area contributed by atoms with Gasteiger partial charge in [-0.25, -0.2) is 8.42 Å². The molecule has 2 aromatic carbocycles. The first-order valence-electron chi connectivity index (χ1n) is 8.91. The smallest absolute Gasteiger partial charge is 0.251 e. The van der Waals surface area contributed by atoms with Gasteiger partial charge in [-0.3, -0.25) is 9.10 Å². The second kappa shape index (κ2) is 7.91. The molecule has 1 atom stereocenters. The fourth-order valence-corrected chi connectivity index (χ4v) is 4.68. The molecule has 0 aromatic heterocycles. The van der Waals surface area contributed by atoms with Crippen LogP contribution in [0.25, 0.3) is 0 Å². The Hall–Kier alpha value is -2.34. The molecule has 26 heavy (non-hydrogen) atoms. The summed E-state index contributed by atoms with van der Waals surface area (Å²) in [5.74, 6) is 0.0511. The number of rotatable bonds is 6. The van der Waals surface area contributed by atoms with E-state index in [0.717, 1.165) is 12.8 Å². The number of hydrogen-bond donors (Lipinski definition) is 1. The molecule has 0 radical (unpaired) electrons. The van der Waals surface area contributed by atoms with Gasteiger partial charge >= 0.3 is 0 Å². The van der Waals surface area contributed by atoms with E-state index in [4.69, 9.17) is 0 Å². The average Bonchev–Trinajstić information content (AvgIpc) is 3.00. The maximum Gasteiger partial charge on any atom is 0.251 e. The SMILES string of the molecule is C[C@@H](CCc1ccccc1)NC(=O)c1ccc(N2CCCS2(=O)=O)cc1. The van der Waals surface area contributed by atoms with Crippen LogP contribution in [0.3, 0.4) is 0 Å². The Morgan fingerprint density at radius 2 is 1.81 bits per heavy atom. The van der Waals surface area contributed by atoms with Crippen molar-refractivity contribution in [2.45, 2.75) is 32.2 Å². The fraction of sp³-hybridized carbons (Fsp3) is 0.350. The van der Waals surface area contributed by atoms with Gasteiger partial charge in [-0.05, 0) is 56.0 Å². The van der Waals surface area contributed by atoms with E-state index >= 15 is 0 Å². The van der Waals surface area contributed by atoms with Gasteiger partial charge in [-0.15, -0.1) is 0 Å². The topological polar surface area (TPSA) is 66.5 Å². The van der Waals surface area contributed by atoms with E-state index in [1.165, 1.54) is 9.87 Å². The highest BCUT2D eigenvalue weighted by molar-refractivity contribution is 7.93. The van der Waals surface area contributed by atoms with Gasteiger partial charge < -0.3 is 5.32 Å². The molecule has 1 aliphatic heterocycles. The van der Waals surface area contributed by atoms with Crippen LogP contribution in [-0.2, 0) is 16.4 Å². The molecule has 6 heteroatoms. The molecule has 1 fully saturated rings. The zero-order valence-corrected chi connectivity index (χ0v) is 15.7. The second-order valence-corrected chi connectivity index (χ2v) is 8.70. The van der Waals surface area contributed by atoms with Crippen LogP contribution >= 0.6 is 0 Å². The molecule has 3 rings (SSSR count). The van der Waals surface area contributed by atoms with Crippen molar-refractivity contribution in [1.29, 1.82) is 0 Å². The van der Waals surface area contributed by atoms with Gasteiger partial charge in [0.1, 0.15) is 0 Å². The molecule has 1 saturated heterocycles. The zero-order valence-electron chi connectivity index (χ0n) is 14.9. The Morgan fingerprint density at radius 1 is 1.12 bits per heavy atom. The van der Waals surface area contributed by atoms with E-state index in [0.29, 0.717) is 24.2 Å². The van der Waals surface area contributed by atoms with E-state index in [9.17, 15) is 13.2 Å². The summed E-state index contributed by atoms with van der Waals surface area (Å²) in [7, 11) is -3.19. The number of benzene rings is 2. The summed E-state index contributed by atoms with van der Waals surface area (Å²) < 4.78 is 25.3. The summed E-state index contributed by atoms with van der Waals surface area (Å²) in [4.78, 5) is 12.4. The summed E-state index contributed by atoms with van der Waals surface area (Å²) in [5, 5.41) is 3.00. The number of sulfonamides is 1. The molecule has 0 spiro atoms. The summed E-state index contributed by atoms with van der Waals surface area (Å²) in [6.07, 6.45) is 2.41. The Kier molecular flexibility index (Phi) is 5.61. The molecule has 0 bridgehead atoms. The van der Waals surface area contributed by atoms with Gasteiger partial charge in [0.15, 0.2) is 0 Å². The van der Waals surface area contributed by atoms with E-state index in [2.05, 4.69) is 17.4 Å². The van der Waals surface area contributed by atoms with Crippen LogP contribution in [0, 0.1) is 0 Å². The molecule has 1 aliphatic rings. The Balaban J connectivity index is 1.56. The lowest BCUT2D eigenvalue weighted by Gasteiger charge is -2.17. The lowest BCUT2D eigenvalue weighted by atomic mass is 10.1. The van der Waals surface area contributed by atoms with Gasteiger partial charge in [-0.2, -0.15) is 0 Å². The number of hydrogen-bond acceptors (Lipinski definition) is 3. The number of anilines is 1. The van der Waals surface area contributed by atoms with Gasteiger partial charge in [-0.1, -0.05) is 30.3 Å². The van der Waals surface area contributed by atoms with E-state index in [1.807, 2.05) is 25.1 Å². The predicted molar refractivity (Wildman–Crippen MR) is 104 cm³/mol. The minimum atomic E-state index is -3.19.